The van der Waals surface area contributed by atoms with Crippen molar-refractivity contribution >= 4 is 5.69 Å². The number of rotatable bonds is 2. The number of hydrogen-bond acceptors (Lipinski definition) is 2. The first-order valence-corrected chi connectivity index (χ1v) is 6.31. The van der Waals surface area contributed by atoms with Crippen LogP contribution in [0.25, 0.3) is 0 Å². The molecule has 0 fully saturated rings. The van der Waals surface area contributed by atoms with E-state index >= 15 is 0 Å². The molecular weight excluding hydrogens is 222 g/mol. The number of aliphatic hydroxyl groups is 1. The molecule has 0 spiro atoms. The normalized spacial score (nSPS) is 19.7. The molecule has 0 amide bonds. The van der Waals surface area contributed by atoms with E-state index in [1.165, 1.54) is 11.3 Å². The van der Waals surface area contributed by atoms with Crippen LogP contribution in [0.1, 0.15) is 17.2 Å². The first-order valence-electron chi connectivity index (χ1n) is 6.31. The summed E-state index contributed by atoms with van der Waals surface area (Å²) in [5, 5.41) is 10.5. The van der Waals surface area contributed by atoms with Gasteiger partial charge in [-0.3, -0.25) is 0 Å². The van der Waals surface area contributed by atoms with Crippen molar-refractivity contribution in [2.24, 2.45) is 0 Å². The van der Waals surface area contributed by atoms with Gasteiger partial charge in [-0.1, -0.05) is 48.5 Å². The van der Waals surface area contributed by atoms with Crippen molar-refractivity contribution < 1.29 is 5.11 Å². The van der Waals surface area contributed by atoms with Gasteiger partial charge in [0.2, 0.25) is 0 Å². The summed E-state index contributed by atoms with van der Waals surface area (Å²) in [4.78, 5) is 2.19. The molecule has 0 radical (unpaired) electrons. The Morgan fingerprint density at radius 2 is 1.72 bits per heavy atom. The van der Waals surface area contributed by atoms with Crippen molar-refractivity contribution in [3.8, 4) is 0 Å². The van der Waals surface area contributed by atoms with Crippen molar-refractivity contribution in [1.29, 1.82) is 0 Å². The van der Waals surface area contributed by atoms with Crippen LogP contribution in [0.4, 0.5) is 5.69 Å². The summed E-state index contributed by atoms with van der Waals surface area (Å²) in [6, 6.07) is 18.4. The smallest absolute Gasteiger partial charge is 0.0996 e. The summed E-state index contributed by atoms with van der Waals surface area (Å²) in [5.41, 5.74) is 3.54. The molecule has 0 bridgehead atoms. The molecule has 2 aromatic rings. The van der Waals surface area contributed by atoms with Crippen LogP contribution in [0, 0.1) is 0 Å². The highest BCUT2D eigenvalue weighted by Gasteiger charge is 2.32. The molecule has 1 aliphatic heterocycles. The third-order valence-corrected chi connectivity index (χ3v) is 3.80. The number of fused-ring (bicyclic) bond motifs is 1. The van der Waals surface area contributed by atoms with E-state index in [2.05, 4.69) is 30.1 Å². The Hall–Kier alpha value is -1.80. The summed E-state index contributed by atoms with van der Waals surface area (Å²) in [6.07, 6.45) is 0.464. The lowest BCUT2D eigenvalue weighted by molar-refractivity contribution is 0.147. The van der Waals surface area contributed by atoms with Crippen molar-refractivity contribution in [2.75, 3.05) is 11.9 Å². The van der Waals surface area contributed by atoms with Crippen LogP contribution in [-0.4, -0.2) is 18.2 Å². The summed E-state index contributed by atoms with van der Waals surface area (Å²) < 4.78 is 0. The Bertz CT molecular complexity index is 538. The summed E-state index contributed by atoms with van der Waals surface area (Å²) in [5.74, 6) is 0. The van der Waals surface area contributed by atoms with Gasteiger partial charge in [0.1, 0.15) is 0 Å². The maximum atomic E-state index is 10.5. The van der Waals surface area contributed by atoms with Crippen LogP contribution in [-0.2, 0) is 6.42 Å². The van der Waals surface area contributed by atoms with Gasteiger partial charge in [0.15, 0.2) is 0 Å². The second-order valence-corrected chi connectivity index (χ2v) is 4.87. The monoisotopic (exact) mass is 239 g/mol. The van der Waals surface area contributed by atoms with Crippen LogP contribution in [0.15, 0.2) is 54.6 Å². The molecule has 18 heavy (non-hydrogen) atoms. The van der Waals surface area contributed by atoms with Gasteiger partial charge in [-0.15, -0.1) is 0 Å². The Morgan fingerprint density at radius 1 is 1.06 bits per heavy atom. The second-order valence-electron chi connectivity index (χ2n) is 4.87. The third kappa shape index (κ3) is 1.79. The fraction of sp³-hybridized carbons (Fsp3) is 0.250. The molecule has 3 rings (SSSR count). The largest absolute Gasteiger partial charge is 0.386 e. The maximum Gasteiger partial charge on any atom is 0.0996 e. The van der Waals surface area contributed by atoms with Crippen LogP contribution in [0.3, 0.4) is 0 Å². The molecule has 2 unspecified atom stereocenters. The summed E-state index contributed by atoms with van der Waals surface area (Å²) in [6.45, 7) is 0. The highest BCUT2D eigenvalue weighted by Crippen LogP contribution is 2.35. The average molecular weight is 239 g/mol. The molecule has 0 aliphatic carbocycles. The SMILES string of the molecule is CN1c2ccccc2CC1C(O)c1ccccc1. The molecule has 2 aromatic carbocycles. The van der Waals surface area contributed by atoms with Gasteiger partial charge in [-0.25, -0.2) is 0 Å². The zero-order valence-electron chi connectivity index (χ0n) is 10.5. The molecule has 1 N–H and O–H groups in total. The number of para-hydroxylation sites is 1. The maximum absolute atomic E-state index is 10.5. The topological polar surface area (TPSA) is 23.5 Å². The zero-order valence-corrected chi connectivity index (χ0v) is 10.5. The van der Waals surface area contributed by atoms with Crippen molar-refractivity contribution in [2.45, 2.75) is 18.6 Å². The molecule has 2 heteroatoms. The zero-order chi connectivity index (χ0) is 12.5. The molecule has 2 atom stereocenters. The quantitative estimate of drug-likeness (QED) is 0.871. The first-order chi connectivity index (χ1) is 8.77. The van der Waals surface area contributed by atoms with Crippen LogP contribution in [0.5, 0.6) is 0 Å². The van der Waals surface area contributed by atoms with Crippen LogP contribution < -0.4 is 4.90 Å². The van der Waals surface area contributed by atoms with Crippen molar-refractivity contribution in [3.05, 3.63) is 65.7 Å². The minimum atomic E-state index is -0.441. The highest BCUT2D eigenvalue weighted by atomic mass is 16.3. The summed E-state index contributed by atoms with van der Waals surface area (Å²) >= 11 is 0. The van der Waals surface area contributed by atoms with Gasteiger partial charge in [0, 0.05) is 12.7 Å². The van der Waals surface area contributed by atoms with Crippen LogP contribution >= 0.6 is 0 Å². The standard InChI is InChI=1S/C16H17NO/c1-17-14-10-6-5-9-13(14)11-15(17)16(18)12-7-3-2-4-8-12/h2-10,15-16,18H,11H2,1H3. The predicted molar refractivity (Wildman–Crippen MR) is 73.7 cm³/mol. The Kier molecular flexibility index (Phi) is 2.80. The Balaban J connectivity index is 1.88. The number of likely N-dealkylation sites (N-methyl/N-ethyl adjacent to an activating group) is 1. The van der Waals surface area contributed by atoms with E-state index in [9.17, 15) is 5.11 Å². The van der Waals surface area contributed by atoms with Gasteiger partial charge in [-0.05, 0) is 23.6 Å². The lowest BCUT2D eigenvalue weighted by Crippen LogP contribution is -2.33. The second kappa shape index (κ2) is 4.46. The van der Waals surface area contributed by atoms with Crippen molar-refractivity contribution in [3.63, 3.8) is 0 Å². The molecule has 92 valence electrons. The predicted octanol–water partition coefficient (Wildman–Crippen LogP) is 2.78. The summed E-state index contributed by atoms with van der Waals surface area (Å²) in [7, 11) is 2.06. The molecule has 0 aromatic heterocycles. The van der Waals surface area contributed by atoms with E-state index in [1.54, 1.807) is 0 Å². The number of aliphatic hydroxyl groups excluding tert-OH is 1. The van der Waals surface area contributed by atoms with Gasteiger partial charge in [0.05, 0.1) is 12.1 Å². The molecule has 2 nitrogen and oxygen atoms in total. The van der Waals surface area contributed by atoms with E-state index in [0.717, 1.165) is 12.0 Å². The molecule has 0 saturated heterocycles. The minimum absolute atomic E-state index is 0.129. The fourth-order valence-corrected chi connectivity index (χ4v) is 2.76. The van der Waals surface area contributed by atoms with Gasteiger partial charge >= 0.3 is 0 Å². The molecular formula is C16H17NO. The fourth-order valence-electron chi connectivity index (χ4n) is 2.76. The highest BCUT2D eigenvalue weighted by molar-refractivity contribution is 5.59. The lowest BCUT2D eigenvalue weighted by atomic mass is 9.99. The Labute approximate surface area is 107 Å². The van der Waals surface area contributed by atoms with Gasteiger partial charge in [0.25, 0.3) is 0 Å². The Morgan fingerprint density at radius 3 is 2.44 bits per heavy atom. The minimum Gasteiger partial charge on any atom is -0.386 e. The van der Waals surface area contributed by atoms with E-state index in [1.807, 2.05) is 36.4 Å². The lowest BCUT2D eigenvalue weighted by Gasteiger charge is -2.27. The number of nitrogens with zero attached hydrogens (tertiary/aromatic N) is 1. The van der Waals surface area contributed by atoms with Gasteiger partial charge < -0.3 is 10.0 Å². The van der Waals surface area contributed by atoms with Crippen molar-refractivity contribution in [1.82, 2.24) is 0 Å². The number of benzene rings is 2. The van der Waals surface area contributed by atoms with E-state index in [0.29, 0.717) is 0 Å². The van der Waals surface area contributed by atoms with E-state index in [4.69, 9.17) is 0 Å². The van der Waals surface area contributed by atoms with Crippen LogP contribution in [0.2, 0.25) is 0 Å². The first kappa shape index (κ1) is 11.3. The van der Waals surface area contributed by atoms with E-state index < -0.39 is 6.10 Å². The molecule has 1 heterocycles. The third-order valence-electron chi connectivity index (χ3n) is 3.80. The van der Waals surface area contributed by atoms with Gasteiger partial charge in [-0.2, -0.15) is 0 Å². The number of hydrogen-bond donors (Lipinski definition) is 1. The number of anilines is 1. The van der Waals surface area contributed by atoms with E-state index in [-0.39, 0.29) is 6.04 Å². The average Bonchev–Trinajstić information content (AvgIpc) is 2.77. The molecule has 1 aliphatic rings. The molecule has 0 saturated carbocycles.